The molecule has 0 aromatic heterocycles. The van der Waals surface area contributed by atoms with Crippen LogP contribution in [0.1, 0.15) is 52.0 Å². The predicted molar refractivity (Wildman–Crippen MR) is 86.6 cm³/mol. The smallest absolute Gasteiger partial charge is 0.0178 e. The summed E-state index contributed by atoms with van der Waals surface area (Å²) in [5, 5.41) is 3.67. The Morgan fingerprint density at radius 3 is 2.58 bits per heavy atom. The van der Waals surface area contributed by atoms with E-state index in [0.29, 0.717) is 11.5 Å². The van der Waals surface area contributed by atoms with E-state index in [0.717, 1.165) is 12.5 Å². The van der Waals surface area contributed by atoms with Gasteiger partial charge in [-0.25, -0.2) is 0 Å². The van der Waals surface area contributed by atoms with Gasteiger partial charge < -0.3 is 5.32 Å². The van der Waals surface area contributed by atoms with Crippen molar-refractivity contribution >= 4 is 15.9 Å². The van der Waals surface area contributed by atoms with Crippen molar-refractivity contribution in [3.8, 4) is 0 Å². The van der Waals surface area contributed by atoms with Crippen LogP contribution in [0.3, 0.4) is 0 Å². The molecule has 0 radical (unpaired) electrons. The molecule has 0 amide bonds. The van der Waals surface area contributed by atoms with Gasteiger partial charge in [-0.15, -0.1) is 0 Å². The Morgan fingerprint density at radius 1 is 1.32 bits per heavy atom. The summed E-state index contributed by atoms with van der Waals surface area (Å²) in [6.07, 6.45) is 5.33. The molecule has 1 nitrogen and oxygen atoms in total. The van der Waals surface area contributed by atoms with Gasteiger partial charge in [0.25, 0.3) is 0 Å². The monoisotopic (exact) mass is 323 g/mol. The Morgan fingerprint density at radius 2 is 2.00 bits per heavy atom. The second-order valence-corrected chi connectivity index (χ2v) is 7.42. The number of rotatable bonds is 4. The quantitative estimate of drug-likeness (QED) is 0.831. The van der Waals surface area contributed by atoms with E-state index in [9.17, 15) is 0 Å². The fourth-order valence-corrected chi connectivity index (χ4v) is 3.50. The number of benzene rings is 1. The maximum absolute atomic E-state index is 3.67. The summed E-state index contributed by atoms with van der Waals surface area (Å²) >= 11 is 3.62. The van der Waals surface area contributed by atoms with Crippen LogP contribution in [0.5, 0.6) is 0 Å². The first kappa shape index (κ1) is 15.1. The lowest BCUT2D eigenvalue weighted by Gasteiger charge is -2.41. The van der Waals surface area contributed by atoms with Crippen molar-refractivity contribution in [3.05, 3.63) is 34.3 Å². The second kappa shape index (κ2) is 6.41. The van der Waals surface area contributed by atoms with E-state index in [1.54, 1.807) is 0 Å². The van der Waals surface area contributed by atoms with Crippen molar-refractivity contribution in [1.82, 2.24) is 5.32 Å². The van der Waals surface area contributed by atoms with Crippen molar-refractivity contribution in [2.24, 2.45) is 5.92 Å². The molecule has 0 atom stereocenters. The number of halogens is 1. The summed E-state index contributed by atoms with van der Waals surface area (Å²) in [6, 6.07) is 9.48. The highest BCUT2D eigenvalue weighted by Crippen LogP contribution is 2.41. The first-order valence-corrected chi connectivity index (χ1v) is 8.30. The molecule has 1 aromatic carbocycles. The van der Waals surface area contributed by atoms with Gasteiger partial charge in [0.05, 0.1) is 0 Å². The predicted octanol–water partition coefficient (Wildman–Crippen LogP) is 4.90. The molecule has 0 aliphatic heterocycles. The highest BCUT2D eigenvalue weighted by Gasteiger charge is 2.35. The van der Waals surface area contributed by atoms with E-state index in [2.05, 4.69) is 66.3 Å². The summed E-state index contributed by atoms with van der Waals surface area (Å²) in [7, 11) is 0. The van der Waals surface area contributed by atoms with Gasteiger partial charge in [-0.05, 0) is 49.3 Å². The molecule has 2 heteroatoms. The highest BCUT2D eigenvalue weighted by molar-refractivity contribution is 9.10. The van der Waals surface area contributed by atoms with Gasteiger partial charge >= 0.3 is 0 Å². The van der Waals surface area contributed by atoms with Gasteiger partial charge in [-0.3, -0.25) is 0 Å². The Bertz CT molecular complexity index is 405. The number of nitrogens with one attached hydrogen (secondary N) is 1. The van der Waals surface area contributed by atoms with Crippen molar-refractivity contribution in [1.29, 1.82) is 0 Å². The van der Waals surface area contributed by atoms with Crippen LogP contribution >= 0.6 is 15.9 Å². The molecule has 1 aliphatic carbocycles. The maximum atomic E-state index is 3.67. The fraction of sp³-hybridized carbons (Fsp3) is 0.647. The molecule has 0 saturated heterocycles. The summed E-state index contributed by atoms with van der Waals surface area (Å²) in [5.41, 5.74) is 1.84. The minimum absolute atomic E-state index is 0.334. The summed E-state index contributed by atoms with van der Waals surface area (Å²) < 4.78 is 1.20. The standard InChI is InChI=1S/C17H26BrN/c1-13(2)19-12-17(9-7-14(3)8-10-17)15-5-4-6-16(18)11-15/h4-6,11,13-14,19H,7-10,12H2,1-3H3. The van der Waals surface area contributed by atoms with Gasteiger partial charge in [0.2, 0.25) is 0 Å². The van der Waals surface area contributed by atoms with Crippen molar-refractivity contribution < 1.29 is 0 Å². The van der Waals surface area contributed by atoms with Crippen LogP contribution in [0, 0.1) is 5.92 Å². The van der Waals surface area contributed by atoms with Crippen LogP contribution in [0.4, 0.5) is 0 Å². The first-order chi connectivity index (χ1) is 9.02. The molecular weight excluding hydrogens is 298 g/mol. The second-order valence-electron chi connectivity index (χ2n) is 6.51. The third kappa shape index (κ3) is 3.82. The molecule has 1 aliphatic rings. The van der Waals surface area contributed by atoms with Crippen LogP contribution in [0.25, 0.3) is 0 Å². The maximum Gasteiger partial charge on any atom is 0.0178 e. The largest absolute Gasteiger partial charge is 0.314 e. The molecule has 0 unspecified atom stereocenters. The van der Waals surface area contributed by atoms with Crippen molar-refractivity contribution in [2.75, 3.05) is 6.54 Å². The highest BCUT2D eigenvalue weighted by atomic mass is 79.9. The molecule has 1 N–H and O–H groups in total. The van der Waals surface area contributed by atoms with E-state index in [4.69, 9.17) is 0 Å². The Labute approximate surface area is 126 Å². The minimum Gasteiger partial charge on any atom is -0.314 e. The topological polar surface area (TPSA) is 12.0 Å². The average molecular weight is 324 g/mol. The molecular formula is C17H26BrN. The zero-order valence-electron chi connectivity index (χ0n) is 12.4. The van der Waals surface area contributed by atoms with E-state index < -0.39 is 0 Å². The van der Waals surface area contributed by atoms with Gasteiger partial charge in [0.1, 0.15) is 0 Å². The van der Waals surface area contributed by atoms with Crippen LogP contribution in [-0.2, 0) is 5.41 Å². The number of hydrogen-bond acceptors (Lipinski definition) is 1. The molecule has 106 valence electrons. The summed E-state index contributed by atoms with van der Waals surface area (Å²) in [4.78, 5) is 0. The van der Waals surface area contributed by atoms with Gasteiger partial charge in [0, 0.05) is 22.5 Å². The SMILES string of the molecule is CC1CCC(CNC(C)C)(c2cccc(Br)c2)CC1. The molecule has 1 fully saturated rings. The third-order valence-corrected chi connectivity index (χ3v) is 5.01. The van der Waals surface area contributed by atoms with E-state index in [1.165, 1.54) is 35.7 Å². The molecule has 19 heavy (non-hydrogen) atoms. The van der Waals surface area contributed by atoms with Crippen LogP contribution in [-0.4, -0.2) is 12.6 Å². The molecule has 0 heterocycles. The molecule has 1 aromatic rings. The van der Waals surface area contributed by atoms with Crippen molar-refractivity contribution in [3.63, 3.8) is 0 Å². The van der Waals surface area contributed by atoms with Crippen LogP contribution in [0.15, 0.2) is 28.7 Å². The van der Waals surface area contributed by atoms with Gasteiger partial charge in [-0.2, -0.15) is 0 Å². The van der Waals surface area contributed by atoms with E-state index in [-0.39, 0.29) is 0 Å². The van der Waals surface area contributed by atoms with Crippen LogP contribution in [0.2, 0.25) is 0 Å². The van der Waals surface area contributed by atoms with E-state index in [1.807, 2.05) is 0 Å². The van der Waals surface area contributed by atoms with Gasteiger partial charge in [0.15, 0.2) is 0 Å². The average Bonchev–Trinajstić information content (AvgIpc) is 2.38. The lowest BCUT2D eigenvalue weighted by molar-refractivity contribution is 0.229. The zero-order valence-corrected chi connectivity index (χ0v) is 14.0. The Hall–Kier alpha value is -0.340. The fourth-order valence-electron chi connectivity index (χ4n) is 3.10. The first-order valence-electron chi connectivity index (χ1n) is 7.51. The Balaban J connectivity index is 2.23. The van der Waals surface area contributed by atoms with Gasteiger partial charge in [-0.1, -0.05) is 48.8 Å². The minimum atomic E-state index is 0.334. The van der Waals surface area contributed by atoms with Crippen LogP contribution < -0.4 is 5.32 Å². The molecule has 2 rings (SSSR count). The number of hydrogen-bond donors (Lipinski definition) is 1. The molecule has 0 spiro atoms. The Kier molecular flexibility index (Phi) is 5.08. The zero-order chi connectivity index (χ0) is 13.9. The lowest BCUT2D eigenvalue weighted by Crippen LogP contribution is -2.43. The lowest BCUT2D eigenvalue weighted by atomic mass is 9.67. The molecule has 1 saturated carbocycles. The third-order valence-electron chi connectivity index (χ3n) is 4.52. The summed E-state index contributed by atoms with van der Waals surface area (Å²) in [6.45, 7) is 7.97. The van der Waals surface area contributed by atoms with Crippen molar-refractivity contribution in [2.45, 2.75) is 57.9 Å². The molecule has 0 bridgehead atoms. The van der Waals surface area contributed by atoms with E-state index >= 15 is 0 Å². The normalized spacial score (nSPS) is 27.7. The summed E-state index contributed by atoms with van der Waals surface area (Å²) in [5.74, 6) is 0.888.